The van der Waals surface area contributed by atoms with Crippen LogP contribution in [0.2, 0.25) is 0 Å². The van der Waals surface area contributed by atoms with Gasteiger partial charge in [-0.2, -0.15) is 0 Å². The molecule has 0 aliphatic rings. The Bertz CT molecular complexity index is 328. The molecule has 0 unspecified atom stereocenters. The Balaban J connectivity index is 2.27. The highest BCUT2D eigenvalue weighted by Gasteiger charge is 2.02. The Morgan fingerprint density at radius 2 is 1.84 bits per heavy atom. The molecule has 108 valence electrons. The fraction of sp³-hybridized carbons (Fsp3) is 0.625. The first kappa shape index (κ1) is 16.0. The molecule has 0 radical (unpaired) electrons. The van der Waals surface area contributed by atoms with Crippen LogP contribution >= 0.6 is 0 Å². The average molecular weight is 265 g/mol. The lowest BCUT2D eigenvalue weighted by Gasteiger charge is -2.12. The minimum absolute atomic E-state index is 0.620. The summed E-state index contributed by atoms with van der Waals surface area (Å²) in [7, 11) is 0. The van der Waals surface area contributed by atoms with Gasteiger partial charge in [-0.1, -0.05) is 38.5 Å². The van der Waals surface area contributed by atoms with Gasteiger partial charge in [-0.05, 0) is 25.5 Å². The molecule has 0 spiro atoms. The van der Waals surface area contributed by atoms with E-state index in [-0.39, 0.29) is 0 Å². The van der Waals surface area contributed by atoms with Gasteiger partial charge in [-0.15, -0.1) is 0 Å². The molecule has 0 aliphatic heterocycles. The summed E-state index contributed by atoms with van der Waals surface area (Å²) in [6.45, 7) is 8.35. The van der Waals surface area contributed by atoms with Crippen LogP contribution in [0.4, 0.5) is 0 Å². The van der Waals surface area contributed by atoms with E-state index in [9.17, 15) is 0 Å². The SMILES string of the molecule is CCCCOCCOc1ccccc1CNCCC. The molecule has 1 aromatic carbocycles. The van der Waals surface area contributed by atoms with Gasteiger partial charge in [0, 0.05) is 18.7 Å². The second-order valence-electron chi connectivity index (χ2n) is 4.60. The normalized spacial score (nSPS) is 10.6. The van der Waals surface area contributed by atoms with Crippen LogP contribution in [0, 0.1) is 0 Å². The fourth-order valence-electron chi connectivity index (χ4n) is 1.75. The van der Waals surface area contributed by atoms with Gasteiger partial charge in [0.05, 0.1) is 6.61 Å². The van der Waals surface area contributed by atoms with E-state index < -0.39 is 0 Å². The minimum Gasteiger partial charge on any atom is -0.491 e. The number of nitrogens with one attached hydrogen (secondary N) is 1. The maximum absolute atomic E-state index is 5.78. The maximum atomic E-state index is 5.78. The molecule has 3 heteroatoms. The molecule has 0 aromatic heterocycles. The molecule has 0 heterocycles. The average Bonchev–Trinajstić information content (AvgIpc) is 2.44. The number of unbranched alkanes of at least 4 members (excludes halogenated alkanes) is 1. The highest BCUT2D eigenvalue weighted by molar-refractivity contribution is 5.33. The number of ether oxygens (including phenoxy) is 2. The summed E-state index contributed by atoms with van der Waals surface area (Å²) in [4.78, 5) is 0. The largest absolute Gasteiger partial charge is 0.491 e. The summed E-state index contributed by atoms with van der Waals surface area (Å²) in [5, 5.41) is 3.40. The number of para-hydroxylation sites is 1. The lowest BCUT2D eigenvalue weighted by Crippen LogP contribution is -2.15. The predicted molar refractivity (Wildman–Crippen MR) is 79.7 cm³/mol. The zero-order valence-electron chi connectivity index (χ0n) is 12.3. The number of benzene rings is 1. The minimum atomic E-state index is 0.620. The Kier molecular flexibility index (Phi) is 9.11. The molecular weight excluding hydrogens is 238 g/mol. The van der Waals surface area contributed by atoms with Crippen molar-refractivity contribution in [3.63, 3.8) is 0 Å². The van der Waals surface area contributed by atoms with E-state index in [4.69, 9.17) is 9.47 Å². The van der Waals surface area contributed by atoms with E-state index in [0.717, 1.165) is 38.3 Å². The first-order chi connectivity index (χ1) is 9.38. The van der Waals surface area contributed by atoms with E-state index in [1.54, 1.807) is 0 Å². The Morgan fingerprint density at radius 1 is 1.00 bits per heavy atom. The van der Waals surface area contributed by atoms with E-state index in [1.165, 1.54) is 12.0 Å². The number of hydrogen-bond acceptors (Lipinski definition) is 3. The Morgan fingerprint density at radius 3 is 2.63 bits per heavy atom. The standard InChI is InChI=1S/C16H27NO2/c1-3-5-11-18-12-13-19-16-9-7-6-8-15(16)14-17-10-4-2/h6-9,17H,3-5,10-14H2,1-2H3. The van der Waals surface area contributed by atoms with Gasteiger partial charge < -0.3 is 14.8 Å². The van der Waals surface area contributed by atoms with Gasteiger partial charge in [0.2, 0.25) is 0 Å². The van der Waals surface area contributed by atoms with Crippen LogP contribution in [0.1, 0.15) is 38.7 Å². The lowest BCUT2D eigenvalue weighted by atomic mass is 10.2. The second-order valence-corrected chi connectivity index (χ2v) is 4.60. The fourth-order valence-corrected chi connectivity index (χ4v) is 1.75. The highest BCUT2D eigenvalue weighted by atomic mass is 16.5. The first-order valence-corrected chi connectivity index (χ1v) is 7.37. The van der Waals surface area contributed by atoms with Gasteiger partial charge in [0.25, 0.3) is 0 Å². The van der Waals surface area contributed by atoms with E-state index in [2.05, 4.69) is 25.2 Å². The number of hydrogen-bond donors (Lipinski definition) is 1. The molecule has 3 nitrogen and oxygen atoms in total. The van der Waals surface area contributed by atoms with Crippen molar-refractivity contribution in [2.75, 3.05) is 26.4 Å². The third-order valence-corrected chi connectivity index (χ3v) is 2.84. The molecule has 1 aromatic rings. The number of rotatable bonds is 11. The van der Waals surface area contributed by atoms with E-state index in [0.29, 0.717) is 13.2 Å². The smallest absolute Gasteiger partial charge is 0.123 e. The molecule has 1 rings (SSSR count). The molecule has 0 saturated heterocycles. The van der Waals surface area contributed by atoms with Crippen molar-refractivity contribution in [2.24, 2.45) is 0 Å². The van der Waals surface area contributed by atoms with Crippen molar-refractivity contribution in [3.8, 4) is 5.75 Å². The van der Waals surface area contributed by atoms with Crippen LogP contribution in [-0.4, -0.2) is 26.4 Å². The molecule has 19 heavy (non-hydrogen) atoms. The zero-order valence-corrected chi connectivity index (χ0v) is 12.3. The van der Waals surface area contributed by atoms with Gasteiger partial charge in [0.15, 0.2) is 0 Å². The monoisotopic (exact) mass is 265 g/mol. The van der Waals surface area contributed by atoms with Crippen molar-refractivity contribution >= 4 is 0 Å². The molecule has 0 bridgehead atoms. The maximum Gasteiger partial charge on any atom is 0.123 e. The van der Waals surface area contributed by atoms with E-state index >= 15 is 0 Å². The second kappa shape index (κ2) is 10.8. The summed E-state index contributed by atoms with van der Waals surface area (Å²) >= 11 is 0. The summed E-state index contributed by atoms with van der Waals surface area (Å²) in [5.41, 5.74) is 1.21. The van der Waals surface area contributed by atoms with Crippen molar-refractivity contribution in [1.29, 1.82) is 0 Å². The van der Waals surface area contributed by atoms with Gasteiger partial charge in [0.1, 0.15) is 12.4 Å². The predicted octanol–water partition coefficient (Wildman–Crippen LogP) is 3.38. The highest BCUT2D eigenvalue weighted by Crippen LogP contribution is 2.17. The summed E-state index contributed by atoms with van der Waals surface area (Å²) in [6.07, 6.45) is 3.44. The van der Waals surface area contributed by atoms with Crippen molar-refractivity contribution in [3.05, 3.63) is 29.8 Å². The van der Waals surface area contributed by atoms with Crippen molar-refractivity contribution in [1.82, 2.24) is 5.32 Å². The molecule has 0 fully saturated rings. The Hall–Kier alpha value is -1.06. The third-order valence-electron chi connectivity index (χ3n) is 2.84. The molecule has 0 atom stereocenters. The van der Waals surface area contributed by atoms with Gasteiger partial charge >= 0.3 is 0 Å². The molecule has 0 aliphatic carbocycles. The quantitative estimate of drug-likeness (QED) is 0.622. The molecule has 0 saturated carbocycles. The topological polar surface area (TPSA) is 30.5 Å². The summed E-state index contributed by atoms with van der Waals surface area (Å²) in [5.74, 6) is 0.963. The van der Waals surface area contributed by atoms with Crippen LogP contribution in [0.25, 0.3) is 0 Å². The summed E-state index contributed by atoms with van der Waals surface area (Å²) < 4.78 is 11.3. The van der Waals surface area contributed by atoms with E-state index in [1.807, 2.05) is 18.2 Å². The summed E-state index contributed by atoms with van der Waals surface area (Å²) in [6, 6.07) is 8.19. The van der Waals surface area contributed by atoms with Crippen molar-refractivity contribution in [2.45, 2.75) is 39.7 Å². The van der Waals surface area contributed by atoms with Crippen molar-refractivity contribution < 1.29 is 9.47 Å². The van der Waals surface area contributed by atoms with Crippen LogP contribution < -0.4 is 10.1 Å². The molecule has 0 amide bonds. The van der Waals surface area contributed by atoms with Crippen LogP contribution in [-0.2, 0) is 11.3 Å². The molecule has 1 N–H and O–H groups in total. The first-order valence-electron chi connectivity index (χ1n) is 7.37. The molecular formula is C16H27NO2. The lowest BCUT2D eigenvalue weighted by molar-refractivity contribution is 0.0977. The van der Waals surface area contributed by atoms with Crippen LogP contribution in [0.15, 0.2) is 24.3 Å². The zero-order chi connectivity index (χ0) is 13.8. The van der Waals surface area contributed by atoms with Crippen LogP contribution in [0.5, 0.6) is 5.75 Å². The van der Waals surface area contributed by atoms with Gasteiger partial charge in [-0.3, -0.25) is 0 Å². The third kappa shape index (κ3) is 7.19. The van der Waals surface area contributed by atoms with Gasteiger partial charge in [-0.25, -0.2) is 0 Å². The van der Waals surface area contributed by atoms with Crippen LogP contribution in [0.3, 0.4) is 0 Å². The Labute approximate surface area is 117 Å².